The highest BCUT2D eigenvalue weighted by Gasteiger charge is 2.25. The van der Waals surface area contributed by atoms with Gasteiger partial charge in [-0.15, -0.1) is 0 Å². The second-order valence-electron chi connectivity index (χ2n) is 12.5. The van der Waals surface area contributed by atoms with Crippen molar-refractivity contribution in [2.75, 3.05) is 51.0 Å². The van der Waals surface area contributed by atoms with Gasteiger partial charge < -0.3 is 24.7 Å². The molecule has 2 aliphatic heterocycles. The van der Waals surface area contributed by atoms with E-state index in [9.17, 15) is 14.0 Å². The van der Waals surface area contributed by atoms with Crippen LogP contribution < -0.4 is 15.8 Å². The highest BCUT2D eigenvalue weighted by Crippen LogP contribution is 2.34. The Kier molecular flexibility index (Phi) is 10.3. The van der Waals surface area contributed by atoms with Crippen LogP contribution in [0.2, 0.25) is 0 Å². The van der Waals surface area contributed by atoms with Gasteiger partial charge in [-0.2, -0.15) is 0 Å². The van der Waals surface area contributed by atoms with Gasteiger partial charge in [0.15, 0.2) is 0 Å². The Morgan fingerprint density at radius 3 is 2.38 bits per heavy atom. The predicted octanol–water partition coefficient (Wildman–Crippen LogP) is 5.97. The van der Waals surface area contributed by atoms with E-state index in [1.807, 2.05) is 19.9 Å². The standard InChI is InChI=1S/C38H45FN4O4/c1-4-35-33-22-29(39)10-11-31(33)34(38(45)41-35)23-40-37(44)32-20-28(21-36(25(32)3)43(5-2)30-12-16-46-17-13-30)27-8-6-26(7-9-27)24-42-14-18-47-19-15-42/h6-11,20-22,30H,4-5,12-19,23-24H2,1-3H3,(H,40,44)(H,41,45). The lowest BCUT2D eigenvalue weighted by atomic mass is 9.94. The molecule has 8 nitrogen and oxygen atoms in total. The first-order valence-corrected chi connectivity index (χ1v) is 16.9. The minimum Gasteiger partial charge on any atom is -0.381 e. The van der Waals surface area contributed by atoms with E-state index in [0.717, 1.165) is 87.8 Å². The third-order valence-corrected chi connectivity index (χ3v) is 9.65. The number of carbonyl (C=O) groups is 1. The average molecular weight is 641 g/mol. The van der Waals surface area contributed by atoms with Gasteiger partial charge in [0, 0.05) is 79.9 Å². The molecule has 47 heavy (non-hydrogen) atoms. The molecule has 4 aromatic rings. The summed E-state index contributed by atoms with van der Waals surface area (Å²) in [4.78, 5) is 34.9. The van der Waals surface area contributed by atoms with Gasteiger partial charge in [0.2, 0.25) is 0 Å². The molecule has 2 N–H and O–H groups in total. The Morgan fingerprint density at radius 2 is 1.68 bits per heavy atom. The summed E-state index contributed by atoms with van der Waals surface area (Å²) >= 11 is 0. The zero-order valence-electron chi connectivity index (χ0n) is 27.7. The number of amides is 1. The normalized spacial score (nSPS) is 16.0. The molecule has 1 aromatic heterocycles. The number of morpholine rings is 1. The number of anilines is 1. The summed E-state index contributed by atoms with van der Waals surface area (Å²) in [7, 11) is 0. The summed E-state index contributed by atoms with van der Waals surface area (Å²) in [6.45, 7) is 12.6. The summed E-state index contributed by atoms with van der Waals surface area (Å²) in [5, 5.41) is 4.33. The van der Waals surface area contributed by atoms with Crippen LogP contribution in [0.25, 0.3) is 21.9 Å². The lowest BCUT2D eigenvalue weighted by molar-refractivity contribution is 0.0342. The SMILES string of the molecule is CCc1[nH]c(=O)c(CNC(=O)c2cc(-c3ccc(CN4CCOCC4)cc3)cc(N(CC)C3CCOCC3)c2C)c2ccc(F)cc12. The molecule has 3 aromatic carbocycles. The van der Waals surface area contributed by atoms with Crippen LogP contribution in [0.3, 0.4) is 0 Å². The molecule has 2 aliphatic rings. The van der Waals surface area contributed by atoms with Gasteiger partial charge in [-0.1, -0.05) is 37.3 Å². The number of fused-ring (bicyclic) bond motifs is 1. The number of aryl methyl sites for hydroxylation is 1. The lowest BCUT2D eigenvalue weighted by Crippen LogP contribution is -2.40. The Labute approximate surface area is 275 Å². The molecule has 248 valence electrons. The van der Waals surface area contributed by atoms with E-state index in [-0.39, 0.29) is 23.8 Å². The number of hydrogen-bond donors (Lipinski definition) is 2. The number of nitrogens with zero attached hydrogens (tertiary/aromatic N) is 2. The van der Waals surface area contributed by atoms with Gasteiger partial charge in [-0.25, -0.2) is 4.39 Å². The average Bonchev–Trinajstić information content (AvgIpc) is 3.10. The van der Waals surface area contributed by atoms with Gasteiger partial charge in [-0.05, 0) is 85.0 Å². The number of halogens is 1. The van der Waals surface area contributed by atoms with E-state index in [2.05, 4.69) is 57.4 Å². The molecule has 0 unspecified atom stereocenters. The van der Waals surface area contributed by atoms with Crippen LogP contribution in [0.5, 0.6) is 0 Å². The molecule has 0 radical (unpaired) electrons. The van der Waals surface area contributed by atoms with Crippen molar-refractivity contribution in [3.63, 3.8) is 0 Å². The minimum atomic E-state index is -0.367. The number of H-pyrrole nitrogens is 1. The molecule has 1 amide bonds. The highest BCUT2D eigenvalue weighted by molar-refractivity contribution is 5.99. The van der Waals surface area contributed by atoms with E-state index in [0.29, 0.717) is 40.1 Å². The zero-order valence-corrected chi connectivity index (χ0v) is 27.7. The van der Waals surface area contributed by atoms with Crippen LogP contribution in [0.1, 0.15) is 59.4 Å². The van der Waals surface area contributed by atoms with Crippen molar-refractivity contribution in [1.29, 1.82) is 0 Å². The maximum Gasteiger partial charge on any atom is 0.253 e. The largest absolute Gasteiger partial charge is 0.381 e. The maximum absolute atomic E-state index is 14.2. The van der Waals surface area contributed by atoms with Gasteiger partial charge in [0.1, 0.15) is 5.82 Å². The number of carbonyl (C=O) groups excluding carboxylic acids is 1. The van der Waals surface area contributed by atoms with E-state index in [1.54, 1.807) is 6.07 Å². The first-order chi connectivity index (χ1) is 22.9. The van der Waals surface area contributed by atoms with Crippen LogP contribution in [0.4, 0.5) is 10.1 Å². The van der Waals surface area contributed by atoms with Crippen molar-refractivity contribution in [1.82, 2.24) is 15.2 Å². The predicted molar refractivity (Wildman–Crippen MR) is 185 cm³/mol. The second-order valence-corrected chi connectivity index (χ2v) is 12.5. The summed E-state index contributed by atoms with van der Waals surface area (Å²) in [5.74, 6) is -0.625. The molecular weight excluding hydrogens is 595 g/mol. The number of pyridine rings is 1. The minimum absolute atomic E-state index is 0.0208. The molecule has 0 bridgehead atoms. The third kappa shape index (κ3) is 7.27. The Morgan fingerprint density at radius 1 is 0.957 bits per heavy atom. The van der Waals surface area contributed by atoms with Crippen molar-refractivity contribution in [2.45, 2.75) is 59.2 Å². The maximum atomic E-state index is 14.2. The van der Waals surface area contributed by atoms with Crippen molar-refractivity contribution in [2.24, 2.45) is 0 Å². The summed E-state index contributed by atoms with van der Waals surface area (Å²) < 4.78 is 25.3. The van der Waals surface area contributed by atoms with Crippen LogP contribution in [-0.4, -0.2) is 67.9 Å². The fraction of sp³-hybridized carbons (Fsp3) is 0.421. The first kappa shape index (κ1) is 32.9. The van der Waals surface area contributed by atoms with E-state index in [4.69, 9.17) is 9.47 Å². The lowest BCUT2D eigenvalue weighted by Gasteiger charge is -2.37. The zero-order chi connectivity index (χ0) is 32.9. The van der Waals surface area contributed by atoms with E-state index >= 15 is 0 Å². The van der Waals surface area contributed by atoms with Crippen molar-refractivity contribution in [3.8, 4) is 11.1 Å². The quantitative estimate of drug-likeness (QED) is 0.222. The Hall–Kier alpha value is -4.05. The number of rotatable bonds is 10. The van der Waals surface area contributed by atoms with Crippen molar-refractivity contribution < 1.29 is 18.7 Å². The number of aromatic amines is 1. The van der Waals surface area contributed by atoms with Crippen LogP contribution in [-0.2, 0) is 29.0 Å². The Balaban J connectivity index is 1.33. The van der Waals surface area contributed by atoms with E-state index in [1.165, 1.54) is 17.7 Å². The van der Waals surface area contributed by atoms with E-state index < -0.39 is 0 Å². The Bertz CT molecular complexity index is 1780. The number of aromatic nitrogens is 1. The van der Waals surface area contributed by atoms with Gasteiger partial charge in [0.05, 0.1) is 13.2 Å². The summed E-state index contributed by atoms with van der Waals surface area (Å²) in [6.07, 6.45) is 2.42. The molecule has 3 heterocycles. The monoisotopic (exact) mass is 640 g/mol. The molecule has 6 rings (SSSR count). The molecule has 9 heteroatoms. The number of benzene rings is 3. The first-order valence-electron chi connectivity index (χ1n) is 16.9. The van der Waals surface area contributed by atoms with Crippen molar-refractivity contribution >= 4 is 22.4 Å². The summed E-state index contributed by atoms with van der Waals surface area (Å²) in [6, 6.07) is 17.5. The fourth-order valence-electron chi connectivity index (χ4n) is 6.99. The van der Waals surface area contributed by atoms with Gasteiger partial charge in [0.25, 0.3) is 11.5 Å². The molecule has 0 aliphatic carbocycles. The van der Waals surface area contributed by atoms with Gasteiger partial charge >= 0.3 is 0 Å². The van der Waals surface area contributed by atoms with Gasteiger partial charge in [-0.3, -0.25) is 14.5 Å². The fourth-order valence-corrected chi connectivity index (χ4v) is 6.99. The van der Waals surface area contributed by atoms with Crippen molar-refractivity contribution in [3.05, 3.63) is 98.7 Å². The summed E-state index contributed by atoms with van der Waals surface area (Å²) in [5.41, 5.74) is 6.54. The number of hydrogen-bond acceptors (Lipinski definition) is 6. The molecule has 0 saturated carbocycles. The molecule has 2 saturated heterocycles. The molecule has 0 atom stereocenters. The topological polar surface area (TPSA) is 86.9 Å². The second kappa shape index (κ2) is 14.8. The smallest absolute Gasteiger partial charge is 0.253 e. The third-order valence-electron chi connectivity index (χ3n) is 9.65. The molecule has 0 spiro atoms. The molecule has 2 fully saturated rings. The van der Waals surface area contributed by atoms with Crippen LogP contribution >= 0.6 is 0 Å². The van der Waals surface area contributed by atoms with Crippen LogP contribution in [0.15, 0.2) is 59.4 Å². The number of ether oxygens (including phenoxy) is 2. The van der Waals surface area contributed by atoms with Crippen LogP contribution in [0, 0.1) is 12.7 Å². The molecular formula is C38H45FN4O4. The number of nitrogens with one attached hydrogen (secondary N) is 2. The highest BCUT2D eigenvalue weighted by atomic mass is 19.1.